The maximum atomic E-state index is 13.1. The molecule has 0 heterocycles. The van der Waals surface area contributed by atoms with Crippen LogP contribution in [-0.2, 0) is 9.59 Å². The molecule has 2 fully saturated rings. The first kappa shape index (κ1) is 19.1. The molecule has 0 aromatic rings. The summed E-state index contributed by atoms with van der Waals surface area (Å²) in [6, 6.07) is 0.105. The smallest absolute Gasteiger partial charge is 0.277 e. The van der Waals surface area contributed by atoms with Gasteiger partial charge >= 0.3 is 0 Å². The highest BCUT2D eigenvalue weighted by atomic mass is 19.3. The molecule has 0 atom stereocenters. The topological polar surface area (TPSA) is 84.2 Å². The highest BCUT2D eigenvalue weighted by molar-refractivity contribution is 5.79. The van der Waals surface area contributed by atoms with Gasteiger partial charge in [0.05, 0.1) is 13.1 Å². The van der Waals surface area contributed by atoms with Gasteiger partial charge in [-0.25, -0.2) is 8.78 Å². The second-order valence-electron chi connectivity index (χ2n) is 7.25. The Hall–Kier alpha value is -1.24. The minimum Gasteiger partial charge on any atom is -0.353 e. The van der Waals surface area contributed by atoms with Crippen LogP contribution in [0.2, 0.25) is 0 Å². The lowest BCUT2D eigenvalue weighted by Crippen LogP contribution is -2.45. The summed E-state index contributed by atoms with van der Waals surface area (Å²) in [5.41, 5.74) is 4.95. The molecule has 2 aliphatic carbocycles. The molecule has 2 saturated carbocycles. The monoisotopic (exact) mass is 345 g/mol. The molecule has 24 heavy (non-hydrogen) atoms. The lowest BCUT2D eigenvalue weighted by molar-refractivity contribution is -0.128. The molecule has 0 radical (unpaired) electrons. The fourth-order valence-corrected chi connectivity index (χ4v) is 3.70. The van der Waals surface area contributed by atoms with Crippen molar-refractivity contribution in [3.8, 4) is 0 Å². The summed E-state index contributed by atoms with van der Waals surface area (Å²) in [6.07, 6.45) is 8.03. The third-order valence-corrected chi connectivity index (χ3v) is 5.23. The van der Waals surface area contributed by atoms with Crippen LogP contribution in [0.4, 0.5) is 8.78 Å². The van der Waals surface area contributed by atoms with E-state index in [4.69, 9.17) is 5.73 Å². The molecule has 0 bridgehead atoms. The van der Waals surface area contributed by atoms with Crippen LogP contribution in [0.1, 0.15) is 57.8 Å². The first-order valence-corrected chi connectivity index (χ1v) is 9.04. The van der Waals surface area contributed by atoms with E-state index in [2.05, 4.69) is 10.6 Å². The van der Waals surface area contributed by atoms with Gasteiger partial charge in [0.15, 0.2) is 0 Å². The van der Waals surface area contributed by atoms with Crippen LogP contribution >= 0.6 is 0 Å². The number of carbonyl (C=O) groups is 2. The van der Waals surface area contributed by atoms with E-state index < -0.39 is 19.0 Å². The fourth-order valence-electron chi connectivity index (χ4n) is 3.70. The maximum Gasteiger partial charge on any atom is 0.277 e. The summed E-state index contributed by atoms with van der Waals surface area (Å²) in [5, 5.41) is 5.35. The van der Waals surface area contributed by atoms with Gasteiger partial charge < -0.3 is 16.4 Å². The lowest BCUT2D eigenvalue weighted by atomic mass is 9.85. The van der Waals surface area contributed by atoms with E-state index in [1.165, 1.54) is 12.8 Å². The molecule has 0 spiro atoms. The van der Waals surface area contributed by atoms with E-state index in [1.54, 1.807) is 0 Å². The third-order valence-electron chi connectivity index (χ3n) is 5.23. The predicted octanol–water partition coefficient (Wildman–Crippen LogP) is 1.95. The molecule has 0 unspecified atom stereocenters. The third kappa shape index (κ3) is 6.00. The number of nitrogens with one attached hydrogen (secondary N) is 2. The number of alkyl halides is 2. The fraction of sp³-hybridized carbons (Fsp3) is 0.882. The van der Waals surface area contributed by atoms with Crippen molar-refractivity contribution >= 4 is 11.8 Å². The van der Waals surface area contributed by atoms with Crippen LogP contribution in [-0.4, -0.2) is 36.9 Å². The van der Waals surface area contributed by atoms with Crippen LogP contribution < -0.4 is 16.4 Å². The van der Waals surface area contributed by atoms with Gasteiger partial charge in [-0.15, -0.1) is 0 Å². The Morgan fingerprint density at radius 1 is 1.04 bits per heavy atom. The van der Waals surface area contributed by atoms with Gasteiger partial charge in [-0.1, -0.05) is 12.8 Å². The molecule has 7 heteroatoms. The SMILES string of the molecule is NCC(F)(F)CNC(=O)C1CCC(NC(=O)CC2CCCC2)CC1. The zero-order valence-electron chi connectivity index (χ0n) is 14.2. The van der Waals surface area contributed by atoms with E-state index in [1.807, 2.05) is 0 Å². The van der Waals surface area contributed by atoms with Crippen molar-refractivity contribution in [2.24, 2.45) is 17.6 Å². The zero-order valence-corrected chi connectivity index (χ0v) is 14.2. The summed E-state index contributed by atoms with van der Waals surface area (Å²) < 4.78 is 26.1. The number of carbonyl (C=O) groups excluding carboxylic acids is 2. The predicted molar refractivity (Wildman–Crippen MR) is 87.5 cm³/mol. The Morgan fingerprint density at radius 2 is 1.67 bits per heavy atom. The van der Waals surface area contributed by atoms with Crippen LogP contribution in [0.15, 0.2) is 0 Å². The minimum atomic E-state index is -3.05. The van der Waals surface area contributed by atoms with Crippen LogP contribution in [0, 0.1) is 11.8 Å². The molecule has 138 valence electrons. The van der Waals surface area contributed by atoms with Crippen molar-refractivity contribution in [3.63, 3.8) is 0 Å². The molecule has 2 aliphatic rings. The summed E-state index contributed by atoms with van der Waals surface area (Å²) >= 11 is 0. The van der Waals surface area contributed by atoms with E-state index in [9.17, 15) is 18.4 Å². The van der Waals surface area contributed by atoms with Crippen molar-refractivity contribution in [2.75, 3.05) is 13.1 Å². The van der Waals surface area contributed by atoms with Crippen molar-refractivity contribution < 1.29 is 18.4 Å². The molecule has 4 N–H and O–H groups in total. The molecule has 2 amide bonds. The van der Waals surface area contributed by atoms with Crippen molar-refractivity contribution in [1.29, 1.82) is 0 Å². The Labute approximate surface area is 142 Å². The average molecular weight is 345 g/mol. The van der Waals surface area contributed by atoms with Crippen LogP contribution in [0.3, 0.4) is 0 Å². The molecule has 0 aromatic carbocycles. The number of hydrogen-bond acceptors (Lipinski definition) is 3. The van der Waals surface area contributed by atoms with Crippen molar-refractivity contribution in [2.45, 2.75) is 69.8 Å². The quantitative estimate of drug-likeness (QED) is 0.659. The van der Waals surface area contributed by atoms with Crippen LogP contribution in [0.5, 0.6) is 0 Å². The normalized spacial score (nSPS) is 25.5. The summed E-state index contributed by atoms with van der Waals surface area (Å²) in [5.74, 6) is -3.00. The van der Waals surface area contributed by atoms with Gasteiger partial charge in [-0.3, -0.25) is 9.59 Å². The second-order valence-corrected chi connectivity index (χ2v) is 7.25. The van der Waals surface area contributed by atoms with Gasteiger partial charge in [0.25, 0.3) is 5.92 Å². The number of halogens is 2. The Bertz CT molecular complexity index is 432. The standard InChI is InChI=1S/C17H29F2N3O2/c18-17(19,10-20)11-21-16(24)13-5-7-14(8-6-13)22-15(23)9-12-3-1-2-4-12/h12-14H,1-11,20H2,(H,21,24)(H,22,23). The first-order chi connectivity index (χ1) is 11.4. The minimum absolute atomic E-state index is 0.105. The van der Waals surface area contributed by atoms with Gasteiger partial charge in [-0.05, 0) is 44.4 Å². The molecule has 2 rings (SSSR count). The number of hydrogen-bond donors (Lipinski definition) is 3. The van der Waals surface area contributed by atoms with Crippen molar-refractivity contribution in [1.82, 2.24) is 10.6 Å². The Balaban J connectivity index is 1.65. The second kappa shape index (κ2) is 8.74. The highest BCUT2D eigenvalue weighted by Crippen LogP contribution is 2.28. The summed E-state index contributed by atoms with van der Waals surface area (Å²) in [4.78, 5) is 24.0. The van der Waals surface area contributed by atoms with Crippen LogP contribution in [0.25, 0.3) is 0 Å². The lowest BCUT2D eigenvalue weighted by Gasteiger charge is -2.29. The van der Waals surface area contributed by atoms with Gasteiger partial charge in [-0.2, -0.15) is 0 Å². The first-order valence-electron chi connectivity index (χ1n) is 9.04. The number of amides is 2. The highest BCUT2D eigenvalue weighted by Gasteiger charge is 2.31. The summed E-state index contributed by atoms with van der Waals surface area (Å²) in [7, 11) is 0. The Morgan fingerprint density at radius 3 is 2.25 bits per heavy atom. The van der Waals surface area contributed by atoms with E-state index >= 15 is 0 Å². The molecular formula is C17H29F2N3O2. The average Bonchev–Trinajstić information content (AvgIpc) is 3.06. The van der Waals surface area contributed by atoms with Gasteiger partial charge in [0.1, 0.15) is 0 Å². The molecule has 0 saturated heterocycles. The number of nitrogens with two attached hydrogens (primary N) is 1. The molecular weight excluding hydrogens is 316 g/mol. The van der Waals surface area contributed by atoms with Crippen molar-refractivity contribution in [3.05, 3.63) is 0 Å². The maximum absolute atomic E-state index is 13.1. The van der Waals surface area contributed by atoms with E-state index in [0.29, 0.717) is 25.2 Å². The van der Waals surface area contributed by atoms with Gasteiger partial charge in [0, 0.05) is 18.4 Å². The summed E-state index contributed by atoms with van der Waals surface area (Å²) in [6.45, 7) is -1.48. The molecule has 0 aliphatic heterocycles. The van der Waals surface area contributed by atoms with E-state index in [-0.39, 0.29) is 23.8 Å². The Kier molecular flexibility index (Phi) is 6.95. The number of rotatable bonds is 7. The largest absolute Gasteiger partial charge is 0.353 e. The van der Waals surface area contributed by atoms with E-state index in [0.717, 1.165) is 25.7 Å². The molecule has 0 aromatic heterocycles. The van der Waals surface area contributed by atoms with Gasteiger partial charge in [0.2, 0.25) is 11.8 Å². The molecule has 5 nitrogen and oxygen atoms in total. The zero-order chi connectivity index (χ0) is 17.6.